The highest BCUT2D eigenvalue weighted by Crippen LogP contribution is 2.36. The molecule has 0 aliphatic heterocycles. The lowest BCUT2D eigenvalue weighted by atomic mass is 9.82. The monoisotopic (exact) mass is 405 g/mol. The van der Waals surface area contributed by atoms with Crippen LogP contribution in [0.25, 0.3) is 0 Å². The van der Waals surface area contributed by atoms with Gasteiger partial charge in [-0.3, -0.25) is 9.78 Å². The molecule has 0 fully saturated rings. The second kappa shape index (κ2) is 9.55. The van der Waals surface area contributed by atoms with Gasteiger partial charge in [0, 0.05) is 18.0 Å². The maximum atomic E-state index is 12.7. The van der Waals surface area contributed by atoms with Gasteiger partial charge in [-0.2, -0.15) is 0 Å². The Morgan fingerprint density at radius 3 is 2.50 bits per heavy atom. The molecule has 3 rings (SSSR count). The fourth-order valence-electron chi connectivity index (χ4n) is 3.07. The Morgan fingerprint density at radius 1 is 1.00 bits per heavy atom. The average Bonchev–Trinajstić information content (AvgIpc) is 2.76. The number of benzene rings is 2. The van der Waals surface area contributed by atoms with Crippen LogP contribution in [0.4, 0.5) is 0 Å². The standard InChI is InChI=1S/C25H27NO4/c1-18-12-20(15-26-14-18)17-30-24(28)25(2,3)23(27)21-10-7-11-22(13-21)29-16-19-8-5-4-6-9-19/h4-15,23,27H,16-17H2,1-3H3. The SMILES string of the molecule is Cc1cncc(COC(=O)C(C)(C)C(O)c2cccc(OCc3ccccc3)c2)c1. The molecule has 1 heterocycles. The Morgan fingerprint density at radius 2 is 1.77 bits per heavy atom. The highest BCUT2D eigenvalue weighted by atomic mass is 16.5. The molecule has 0 amide bonds. The normalized spacial score (nSPS) is 12.3. The van der Waals surface area contributed by atoms with Crippen molar-refractivity contribution in [2.24, 2.45) is 5.41 Å². The molecule has 156 valence electrons. The van der Waals surface area contributed by atoms with Gasteiger partial charge < -0.3 is 14.6 Å². The van der Waals surface area contributed by atoms with Gasteiger partial charge in [0.05, 0.1) is 11.5 Å². The summed E-state index contributed by atoms with van der Waals surface area (Å²) in [6.45, 7) is 5.82. The van der Waals surface area contributed by atoms with Crippen molar-refractivity contribution in [2.75, 3.05) is 0 Å². The van der Waals surface area contributed by atoms with Crippen LogP contribution in [0.1, 0.15) is 42.2 Å². The third kappa shape index (κ3) is 5.45. The number of ether oxygens (including phenoxy) is 2. The molecule has 0 aliphatic carbocycles. The molecule has 0 aliphatic rings. The van der Waals surface area contributed by atoms with E-state index in [1.165, 1.54) is 0 Å². The average molecular weight is 405 g/mol. The molecule has 0 saturated carbocycles. The van der Waals surface area contributed by atoms with Crippen molar-refractivity contribution < 1.29 is 19.4 Å². The molecule has 2 aromatic carbocycles. The quantitative estimate of drug-likeness (QED) is 0.547. The minimum Gasteiger partial charge on any atom is -0.489 e. The largest absolute Gasteiger partial charge is 0.489 e. The molecule has 0 spiro atoms. The van der Waals surface area contributed by atoms with E-state index in [-0.39, 0.29) is 6.61 Å². The molecule has 0 saturated heterocycles. The summed E-state index contributed by atoms with van der Waals surface area (Å²) in [7, 11) is 0. The van der Waals surface area contributed by atoms with E-state index in [0.29, 0.717) is 17.9 Å². The number of aryl methyl sites for hydroxylation is 1. The number of hydrogen-bond donors (Lipinski definition) is 1. The van der Waals surface area contributed by atoms with Crippen LogP contribution in [-0.4, -0.2) is 16.1 Å². The molecular formula is C25H27NO4. The summed E-state index contributed by atoms with van der Waals surface area (Å²) in [5.74, 6) is 0.150. The third-order valence-corrected chi connectivity index (χ3v) is 4.93. The molecule has 1 atom stereocenters. The van der Waals surface area contributed by atoms with E-state index in [2.05, 4.69) is 4.98 Å². The number of aliphatic hydroxyl groups excluding tert-OH is 1. The van der Waals surface area contributed by atoms with Gasteiger partial charge in [-0.25, -0.2) is 0 Å². The number of carbonyl (C=O) groups excluding carboxylic acids is 1. The van der Waals surface area contributed by atoms with E-state index < -0.39 is 17.5 Å². The Balaban J connectivity index is 1.64. The Hall–Kier alpha value is -3.18. The van der Waals surface area contributed by atoms with E-state index in [0.717, 1.165) is 16.7 Å². The van der Waals surface area contributed by atoms with Crippen molar-refractivity contribution in [1.82, 2.24) is 4.98 Å². The van der Waals surface area contributed by atoms with Crippen LogP contribution in [0, 0.1) is 12.3 Å². The molecule has 3 aromatic rings. The fourth-order valence-corrected chi connectivity index (χ4v) is 3.07. The van der Waals surface area contributed by atoms with Crippen LogP contribution in [0.2, 0.25) is 0 Å². The predicted octanol–water partition coefficient (Wildman–Crippen LogP) is 4.77. The molecule has 5 nitrogen and oxygen atoms in total. The molecule has 30 heavy (non-hydrogen) atoms. The maximum absolute atomic E-state index is 12.7. The summed E-state index contributed by atoms with van der Waals surface area (Å²) >= 11 is 0. The first-order valence-corrected chi connectivity index (χ1v) is 9.89. The first kappa shape index (κ1) is 21.5. The summed E-state index contributed by atoms with van der Waals surface area (Å²) in [6.07, 6.45) is 2.37. The number of nitrogens with zero attached hydrogens (tertiary/aromatic N) is 1. The van der Waals surface area contributed by atoms with Crippen LogP contribution < -0.4 is 4.74 Å². The summed E-state index contributed by atoms with van der Waals surface area (Å²) in [6, 6.07) is 18.9. The molecule has 0 bridgehead atoms. The Bertz CT molecular complexity index is 985. The number of hydrogen-bond acceptors (Lipinski definition) is 5. The number of aromatic nitrogens is 1. The smallest absolute Gasteiger partial charge is 0.314 e. The predicted molar refractivity (Wildman–Crippen MR) is 115 cm³/mol. The molecule has 0 radical (unpaired) electrons. The number of rotatable bonds is 8. The van der Waals surface area contributed by atoms with Gasteiger partial charge in [0.1, 0.15) is 19.0 Å². The molecule has 1 aromatic heterocycles. The van der Waals surface area contributed by atoms with Crippen molar-refractivity contribution >= 4 is 5.97 Å². The number of carbonyl (C=O) groups is 1. The van der Waals surface area contributed by atoms with E-state index in [4.69, 9.17) is 9.47 Å². The van der Waals surface area contributed by atoms with E-state index in [1.807, 2.05) is 49.4 Å². The van der Waals surface area contributed by atoms with Gasteiger partial charge in [-0.05, 0) is 55.7 Å². The molecule has 1 N–H and O–H groups in total. The Kier molecular flexibility index (Phi) is 6.85. The van der Waals surface area contributed by atoms with Crippen LogP contribution in [0.5, 0.6) is 5.75 Å². The molecule has 5 heteroatoms. The lowest BCUT2D eigenvalue weighted by molar-refractivity contribution is -0.162. The van der Waals surface area contributed by atoms with Crippen molar-refractivity contribution in [2.45, 2.75) is 40.1 Å². The highest BCUT2D eigenvalue weighted by Gasteiger charge is 2.38. The van der Waals surface area contributed by atoms with Crippen LogP contribution in [0.3, 0.4) is 0 Å². The first-order valence-electron chi connectivity index (χ1n) is 9.89. The van der Waals surface area contributed by atoms with Gasteiger partial charge >= 0.3 is 5.97 Å². The van der Waals surface area contributed by atoms with Crippen LogP contribution in [-0.2, 0) is 22.7 Å². The zero-order valence-corrected chi connectivity index (χ0v) is 17.5. The molecular weight excluding hydrogens is 378 g/mol. The summed E-state index contributed by atoms with van der Waals surface area (Å²) in [5.41, 5.74) is 2.33. The number of aliphatic hydroxyl groups is 1. The van der Waals surface area contributed by atoms with E-state index in [9.17, 15) is 9.90 Å². The van der Waals surface area contributed by atoms with Crippen LogP contribution >= 0.6 is 0 Å². The lowest BCUT2D eigenvalue weighted by Gasteiger charge is -2.28. The van der Waals surface area contributed by atoms with Crippen molar-refractivity contribution in [3.8, 4) is 5.75 Å². The Labute approximate surface area is 177 Å². The topological polar surface area (TPSA) is 68.7 Å². The first-order chi connectivity index (χ1) is 14.4. The lowest BCUT2D eigenvalue weighted by Crippen LogP contribution is -2.33. The van der Waals surface area contributed by atoms with E-state index in [1.54, 1.807) is 44.4 Å². The second-order valence-corrected chi connectivity index (χ2v) is 7.92. The van der Waals surface area contributed by atoms with Crippen molar-refractivity contribution in [1.29, 1.82) is 0 Å². The summed E-state index contributed by atoms with van der Waals surface area (Å²) in [4.78, 5) is 16.8. The number of pyridine rings is 1. The van der Waals surface area contributed by atoms with Gasteiger partial charge in [0.2, 0.25) is 0 Å². The minimum absolute atomic E-state index is 0.115. The maximum Gasteiger partial charge on any atom is 0.314 e. The van der Waals surface area contributed by atoms with E-state index >= 15 is 0 Å². The summed E-state index contributed by atoms with van der Waals surface area (Å²) in [5, 5.41) is 10.9. The van der Waals surface area contributed by atoms with Crippen molar-refractivity contribution in [3.05, 3.63) is 95.3 Å². The minimum atomic E-state index is -1.13. The van der Waals surface area contributed by atoms with Crippen LogP contribution in [0.15, 0.2) is 73.1 Å². The zero-order chi connectivity index (χ0) is 21.6. The summed E-state index contributed by atoms with van der Waals surface area (Å²) < 4.78 is 11.3. The van der Waals surface area contributed by atoms with Gasteiger partial charge in [0.25, 0.3) is 0 Å². The second-order valence-electron chi connectivity index (χ2n) is 7.92. The van der Waals surface area contributed by atoms with Gasteiger partial charge in [0.15, 0.2) is 0 Å². The zero-order valence-electron chi connectivity index (χ0n) is 17.5. The number of esters is 1. The van der Waals surface area contributed by atoms with Crippen molar-refractivity contribution in [3.63, 3.8) is 0 Å². The fraction of sp³-hybridized carbons (Fsp3) is 0.280. The highest BCUT2D eigenvalue weighted by molar-refractivity contribution is 5.77. The van der Waals surface area contributed by atoms with Gasteiger partial charge in [-0.15, -0.1) is 0 Å². The molecule has 1 unspecified atom stereocenters. The third-order valence-electron chi connectivity index (χ3n) is 4.93. The van der Waals surface area contributed by atoms with Gasteiger partial charge in [-0.1, -0.05) is 42.5 Å².